The van der Waals surface area contributed by atoms with E-state index in [-0.39, 0.29) is 24.6 Å². The van der Waals surface area contributed by atoms with E-state index in [1.807, 2.05) is 6.92 Å². The van der Waals surface area contributed by atoms with Crippen LogP contribution in [0.15, 0.2) is 41.2 Å². The summed E-state index contributed by atoms with van der Waals surface area (Å²) in [7, 11) is 0. The van der Waals surface area contributed by atoms with Gasteiger partial charge in [0.25, 0.3) is 5.56 Å². The number of hydrogen-bond donors (Lipinski definition) is 2. The lowest BCUT2D eigenvalue weighted by Gasteiger charge is -2.35. The van der Waals surface area contributed by atoms with Crippen LogP contribution in [0.25, 0.3) is 10.8 Å². The molecule has 1 aliphatic heterocycles. The first-order chi connectivity index (χ1) is 14.4. The number of H-pyrrole nitrogens is 1. The second kappa shape index (κ2) is 7.87. The molecule has 0 fully saturated rings. The summed E-state index contributed by atoms with van der Waals surface area (Å²) in [6.45, 7) is 4.15. The van der Waals surface area contributed by atoms with Crippen LogP contribution in [0, 0.1) is 18.6 Å². The van der Waals surface area contributed by atoms with E-state index >= 15 is 0 Å². The van der Waals surface area contributed by atoms with Crippen molar-refractivity contribution in [2.75, 3.05) is 18.5 Å². The lowest BCUT2D eigenvalue weighted by Crippen LogP contribution is -2.42. The maximum atomic E-state index is 14.0. The van der Waals surface area contributed by atoms with Crippen LogP contribution < -0.4 is 10.9 Å². The summed E-state index contributed by atoms with van der Waals surface area (Å²) < 4.78 is 33.2. The van der Waals surface area contributed by atoms with E-state index in [9.17, 15) is 18.4 Å². The first-order valence-electron chi connectivity index (χ1n) is 9.65. The largest absolute Gasteiger partial charge is 0.373 e. The molecule has 0 saturated carbocycles. The zero-order valence-electron chi connectivity index (χ0n) is 16.6. The Morgan fingerprint density at radius 2 is 2.03 bits per heavy atom. The van der Waals surface area contributed by atoms with Crippen LogP contribution in [0.2, 0.25) is 0 Å². The van der Waals surface area contributed by atoms with Gasteiger partial charge in [0.2, 0.25) is 0 Å². The fourth-order valence-corrected chi connectivity index (χ4v) is 3.89. The van der Waals surface area contributed by atoms with Crippen LogP contribution in [-0.4, -0.2) is 29.1 Å². The van der Waals surface area contributed by atoms with Crippen molar-refractivity contribution in [1.29, 1.82) is 0 Å². The Kier molecular flexibility index (Phi) is 5.26. The van der Waals surface area contributed by atoms with E-state index in [1.54, 1.807) is 17.9 Å². The minimum absolute atomic E-state index is 0.170. The number of aromatic nitrogens is 1. The summed E-state index contributed by atoms with van der Waals surface area (Å²) in [6, 6.07) is 7.39. The van der Waals surface area contributed by atoms with Crippen LogP contribution in [0.3, 0.4) is 0 Å². The molecule has 6 nitrogen and oxygen atoms in total. The zero-order valence-corrected chi connectivity index (χ0v) is 16.6. The quantitative estimate of drug-likeness (QED) is 0.675. The lowest BCUT2D eigenvalue weighted by molar-refractivity contribution is 0.0471. The van der Waals surface area contributed by atoms with Crippen molar-refractivity contribution in [2.24, 2.45) is 0 Å². The molecule has 2 aromatic carbocycles. The SMILES string of the molecule is CCN(C(=O)Nc1ccc(F)c(C)c1)[C@@H]1COCc2[nH]c(=O)c3ccc(F)cc3c21. The number of anilines is 1. The molecule has 4 rings (SSSR count). The van der Waals surface area contributed by atoms with Gasteiger partial charge in [0, 0.05) is 28.9 Å². The average molecular weight is 413 g/mol. The van der Waals surface area contributed by atoms with Crippen LogP contribution in [0.5, 0.6) is 0 Å². The van der Waals surface area contributed by atoms with Gasteiger partial charge >= 0.3 is 6.03 Å². The average Bonchev–Trinajstić information content (AvgIpc) is 2.71. The Morgan fingerprint density at radius 3 is 2.77 bits per heavy atom. The van der Waals surface area contributed by atoms with E-state index in [0.29, 0.717) is 39.8 Å². The number of urea groups is 1. The van der Waals surface area contributed by atoms with E-state index in [1.165, 1.54) is 30.3 Å². The number of nitrogens with one attached hydrogen (secondary N) is 2. The molecule has 0 unspecified atom stereocenters. The topological polar surface area (TPSA) is 74.4 Å². The van der Waals surface area contributed by atoms with Crippen molar-refractivity contribution < 1.29 is 18.3 Å². The number of aryl methyl sites for hydroxylation is 1. The van der Waals surface area contributed by atoms with Crippen LogP contribution in [0.1, 0.15) is 29.8 Å². The predicted molar refractivity (Wildman–Crippen MR) is 109 cm³/mol. The van der Waals surface area contributed by atoms with Crippen molar-refractivity contribution in [3.63, 3.8) is 0 Å². The van der Waals surface area contributed by atoms with E-state index in [4.69, 9.17) is 4.74 Å². The number of likely N-dealkylation sites (N-methyl/N-ethyl adjacent to an activating group) is 1. The molecule has 0 saturated heterocycles. The molecule has 1 aromatic heterocycles. The molecular weight excluding hydrogens is 392 g/mol. The molecule has 0 spiro atoms. The summed E-state index contributed by atoms with van der Waals surface area (Å²) in [5.41, 5.74) is 1.75. The highest BCUT2D eigenvalue weighted by molar-refractivity contribution is 5.91. The van der Waals surface area contributed by atoms with Crippen molar-refractivity contribution in [1.82, 2.24) is 9.88 Å². The molecule has 3 aromatic rings. The number of aromatic amines is 1. The maximum absolute atomic E-state index is 14.0. The maximum Gasteiger partial charge on any atom is 0.322 e. The van der Waals surface area contributed by atoms with Gasteiger partial charge in [0.15, 0.2) is 0 Å². The number of amides is 2. The normalized spacial score (nSPS) is 15.7. The highest BCUT2D eigenvalue weighted by Gasteiger charge is 2.32. The highest BCUT2D eigenvalue weighted by atomic mass is 19.1. The molecule has 1 atom stereocenters. The lowest BCUT2D eigenvalue weighted by atomic mass is 9.95. The molecule has 8 heteroatoms. The van der Waals surface area contributed by atoms with Crippen LogP contribution in [0.4, 0.5) is 19.3 Å². The highest BCUT2D eigenvalue weighted by Crippen LogP contribution is 2.34. The van der Waals surface area contributed by atoms with Gasteiger partial charge in [0.05, 0.1) is 19.3 Å². The Bertz CT molecular complexity index is 1190. The number of hydrogen-bond acceptors (Lipinski definition) is 3. The summed E-state index contributed by atoms with van der Waals surface area (Å²) in [6.07, 6.45) is 0. The Morgan fingerprint density at radius 1 is 1.23 bits per heavy atom. The summed E-state index contributed by atoms with van der Waals surface area (Å²) in [5, 5.41) is 3.60. The fourth-order valence-electron chi connectivity index (χ4n) is 3.89. The monoisotopic (exact) mass is 413 g/mol. The van der Waals surface area contributed by atoms with Gasteiger partial charge in [0.1, 0.15) is 11.6 Å². The van der Waals surface area contributed by atoms with Crippen molar-refractivity contribution in [3.8, 4) is 0 Å². The number of pyridine rings is 1. The third kappa shape index (κ3) is 3.54. The molecule has 0 radical (unpaired) electrons. The number of benzene rings is 2. The Hall–Kier alpha value is -3.26. The molecule has 0 aliphatic carbocycles. The summed E-state index contributed by atoms with van der Waals surface area (Å²) >= 11 is 0. The minimum atomic E-state index is -0.526. The molecule has 2 amide bonds. The van der Waals surface area contributed by atoms with Gasteiger partial charge in [-0.2, -0.15) is 0 Å². The molecule has 1 aliphatic rings. The molecule has 2 N–H and O–H groups in total. The third-order valence-corrected chi connectivity index (χ3v) is 5.35. The van der Waals surface area contributed by atoms with Gasteiger partial charge in [-0.1, -0.05) is 0 Å². The van der Waals surface area contributed by atoms with Crippen LogP contribution in [-0.2, 0) is 11.3 Å². The number of halogens is 2. The predicted octanol–water partition coefficient (Wildman–Crippen LogP) is 4.24. The fraction of sp³-hybridized carbons (Fsp3) is 0.273. The van der Waals surface area contributed by atoms with Crippen LogP contribution >= 0.6 is 0 Å². The molecular formula is C22H21F2N3O3. The number of rotatable bonds is 3. The number of fused-ring (bicyclic) bond motifs is 3. The molecule has 156 valence electrons. The smallest absolute Gasteiger partial charge is 0.322 e. The molecule has 2 heterocycles. The van der Waals surface area contributed by atoms with Gasteiger partial charge < -0.3 is 19.9 Å². The summed E-state index contributed by atoms with van der Waals surface area (Å²) in [4.78, 5) is 29.8. The minimum Gasteiger partial charge on any atom is -0.373 e. The Labute approximate surface area is 171 Å². The second-order valence-corrected chi connectivity index (χ2v) is 7.25. The van der Waals surface area contributed by atoms with Gasteiger partial charge in [-0.25, -0.2) is 13.6 Å². The first kappa shape index (κ1) is 20.0. The molecule has 0 bridgehead atoms. The number of nitrogens with zero attached hydrogens (tertiary/aromatic N) is 1. The van der Waals surface area contributed by atoms with Crippen molar-refractivity contribution in [3.05, 3.63) is 75.2 Å². The standard InChI is InChI=1S/C22H21F2N3O3/c1-3-27(22(29)25-14-5-7-17(24)12(2)8-14)19-11-30-10-18-20(19)16-9-13(23)4-6-15(16)21(28)26-18/h4-9,19H,3,10-11H2,1-2H3,(H,25,29)(H,26,28)/t19-/m1/s1. The Balaban J connectivity index is 1.75. The molecule has 30 heavy (non-hydrogen) atoms. The van der Waals surface area contributed by atoms with Crippen molar-refractivity contribution in [2.45, 2.75) is 26.5 Å². The van der Waals surface area contributed by atoms with E-state index < -0.39 is 17.9 Å². The zero-order chi connectivity index (χ0) is 21.4. The number of carbonyl (C=O) groups is 1. The van der Waals surface area contributed by atoms with Gasteiger partial charge in [-0.05, 0) is 61.2 Å². The first-order valence-corrected chi connectivity index (χ1v) is 9.65. The van der Waals surface area contributed by atoms with E-state index in [2.05, 4.69) is 10.3 Å². The second-order valence-electron chi connectivity index (χ2n) is 7.25. The number of ether oxygens (including phenoxy) is 1. The summed E-state index contributed by atoms with van der Waals surface area (Å²) in [5.74, 6) is -0.817. The van der Waals surface area contributed by atoms with E-state index in [0.717, 1.165) is 0 Å². The number of carbonyl (C=O) groups excluding carboxylic acids is 1. The third-order valence-electron chi connectivity index (χ3n) is 5.35. The van der Waals surface area contributed by atoms with Crippen molar-refractivity contribution >= 4 is 22.5 Å². The van der Waals surface area contributed by atoms with Gasteiger partial charge in [-0.3, -0.25) is 4.79 Å². The van der Waals surface area contributed by atoms with Gasteiger partial charge in [-0.15, -0.1) is 0 Å².